The van der Waals surface area contributed by atoms with Gasteiger partial charge in [0.1, 0.15) is 17.5 Å². The molecule has 0 aromatic heterocycles. The van der Waals surface area contributed by atoms with E-state index in [-0.39, 0.29) is 23.7 Å². The van der Waals surface area contributed by atoms with E-state index in [9.17, 15) is 19.5 Å². The number of ketones is 1. The van der Waals surface area contributed by atoms with E-state index in [1.54, 1.807) is 26.8 Å². The molecule has 1 aliphatic heterocycles. The van der Waals surface area contributed by atoms with E-state index >= 15 is 0 Å². The molecule has 0 amide bonds. The van der Waals surface area contributed by atoms with E-state index in [4.69, 9.17) is 9.47 Å². The van der Waals surface area contributed by atoms with Crippen molar-refractivity contribution in [2.75, 3.05) is 0 Å². The van der Waals surface area contributed by atoms with Crippen molar-refractivity contribution in [3.63, 3.8) is 0 Å². The zero-order valence-corrected chi connectivity index (χ0v) is 15.9. The first kappa shape index (κ1) is 20.4. The Balaban J connectivity index is 2.42. The van der Waals surface area contributed by atoms with Crippen LogP contribution in [0.5, 0.6) is 0 Å². The summed E-state index contributed by atoms with van der Waals surface area (Å²) in [6.07, 6.45) is 1.26. The highest BCUT2D eigenvalue weighted by molar-refractivity contribution is 5.93. The van der Waals surface area contributed by atoms with Gasteiger partial charge in [-0.25, -0.2) is 9.59 Å². The molecule has 0 radical (unpaired) electrons. The van der Waals surface area contributed by atoms with Gasteiger partial charge in [0.2, 0.25) is 0 Å². The standard InChI is InChI=1S/C20H28O6/c1-6-11(2)18(22)26-17-16-14(13(4)19(23)25-16)10-15(21)12(3)8-7-9-20(17,5)24/h6,12,14,16-17,24H,4,7-10H2,1-3,5H3/b11-6+/t12-,14+,16+,17-,20+/m1/s1. The maximum atomic E-state index is 12.5. The molecule has 6 heteroatoms. The maximum absolute atomic E-state index is 12.5. The van der Waals surface area contributed by atoms with Gasteiger partial charge in [-0.3, -0.25) is 4.79 Å². The van der Waals surface area contributed by atoms with E-state index in [1.807, 2.05) is 6.92 Å². The Bertz CT molecular complexity index is 645. The second-order valence-electron chi connectivity index (χ2n) is 7.62. The number of ether oxygens (including phenoxy) is 2. The van der Waals surface area contributed by atoms with Gasteiger partial charge >= 0.3 is 11.9 Å². The maximum Gasteiger partial charge on any atom is 0.334 e. The molecule has 2 rings (SSSR count). The molecule has 1 heterocycles. The average molecular weight is 364 g/mol. The van der Waals surface area contributed by atoms with Crippen LogP contribution in [0.2, 0.25) is 0 Å². The first-order valence-corrected chi connectivity index (χ1v) is 9.07. The predicted molar refractivity (Wildman–Crippen MR) is 95.1 cm³/mol. The van der Waals surface area contributed by atoms with Crippen LogP contribution in [0.15, 0.2) is 23.8 Å². The van der Waals surface area contributed by atoms with Crippen molar-refractivity contribution < 1.29 is 29.0 Å². The Labute approximate surface area is 154 Å². The lowest BCUT2D eigenvalue weighted by Gasteiger charge is -2.38. The summed E-state index contributed by atoms with van der Waals surface area (Å²) >= 11 is 0. The van der Waals surface area contributed by atoms with Gasteiger partial charge in [0, 0.05) is 29.4 Å². The van der Waals surface area contributed by atoms with Gasteiger partial charge in [0.15, 0.2) is 6.10 Å². The SMILES string of the molecule is C=C1C(=O)O[C@@H]2[C@@H](OC(=O)/C(C)=C/C)[C@@](C)(O)CCC[C@@H](C)C(=O)C[C@@H]12. The van der Waals surface area contributed by atoms with Gasteiger partial charge in [-0.15, -0.1) is 0 Å². The third-order valence-electron chi connectivity index (χ3n) is 5.54. The lowest BCUT2D eigenvalue weighted by atomic mass is 9.77. The van der Waals surface area contributed by atoms with Gasteiger partial charge in [-0.2, -0.15) is 0 Å². The number of Topliss-reactive ketones (excluding diaryl/α,β-unsaturated/α-hetero) is 1. The third kappa shape index (κ3) is 4.06. The molecule has 0 bridgehead atoms. The van der Waals surface area contributed by atoms with Crippen LogP contribution in [-0.4, -0.2) is 40.6 Å². The summed E-state index contributed by atoms with van der Waals surface area (Å²) in [6, 6.07) is 0. The van der Waals surface area contributed by atoms with Gasteiger partial charge in [0.25, 0.3) is 0 Å². The zero-order chi connectivity index (χ0) is 19.6. The van der Waals surface area contributed by atoms with Crippen molar-refractivity contribution in [3.05, 3.63) is 23.8 Å². The average Bonchev–Trinajstić information content (AvgIpc) is 2.85. The first-order valence-electron chi connectivity index (χ1n) is 9.07. The van der Waals surface area contributed by atoms with Crippen LogP contribution in [0.3, 0.4) is 0 Å². The number of esters is 2. The fourth-order valence-electron chi connectivity index (χ4n) is 3.50. The van der Waals surface area contributed by atoms with E-state index in [1.165, 1.54) is 0 Å². The number of carbonyl (C=O) groups is 3. The lowest BCUT2D eigenvalue weighted by Crippen LogP contribution is -2.52. The summed E-state index contributed by atoms with van der Waals surface area (Å²) < 4.78 is 11.0. The molecule has 1 N–H and O–H groups in total. The minimum atomic E-state index is -1.39. The quantitative estimate of drug-likeness (QED) is 0.598. The number of aliphatic hydroxyl groups is 1. The highest BCUT2D eigenvalue weighted by atomic mass is 16.6. The van der Waals surface area contributed by atoms with Crippen LogP contribution in [0.1, 0.15) is 53.4 Å². The fourth-order valence-corrected chi connectivity index (χ4v) is 3.50. The van der Waals surface area contributed by atoms with Crippen molar-refractivity contribution in [1.29, 1.82) is 0 Å². The molecule has 0 aromatic carbocycles. The van der Waals surface area contributed by atoms with Crippen LogP contribution < -0.4 is 0 Å². The normalized spacial score (nSPS) is 36.3. The Kier molecular flexibility index (Phi) is 6.06. The van der Waals surface area contributed by atoms with Crippen LogP contribution in [0.25, 0.3) is 0 Å². The topological polar surface area (TPSA) is 89.9 Å². The predicted octanol–water partition coefficient (Wildman–Crippen LogP) is 2.49. The summed E-state index contributed by atoms with van der Waals surface area (Å²) in [5.74, 6) is -1.94. The molecule has 0 spiro atoms. The minimum absolute atomic E-state index is 0.0238. The second-order valence-corrected chi connectivity index (χ2v) is 7.62. The summed E-state index contributed by atoms with van der Waals surface area (Å²) in [5, 5.41) is 11.0. The van der Waals surface area contributed by atoms with E-state index in [2.05, 4.69) is 6.58 Å². The van der Waals surface area contributed by atoms with Crippen molar-refractivity contribution in [1.82, 2.24) is 0 Å². The zero-order valence-electron chi connectivity index (χ0n) is 15.9. The molecule has 0 aromatic rings. The van der Waals surface area contributed by atoms with Gasteiger partial charge in [-0.1, -0.05) is 19.6 Å². The van der Waals surface area contributed by atoms with Crippen LogP contribution >= 0.6 is 0 Å². The van der Waals surface area contributed by atoms with Crippen LogP contribution in [-0.2, 0) is 23.9 Å². The highest BCUT2D eigenvalue weighted by Crippen LogP contribution is 2.39. The largest absolute Gasteiger partial charge is 0.454 e. The Morgan fingerprint density at radius 2 is 2.08 bits per heavy atom. The van der Waals surface area contributed by atoms with E-state index in [0.717, 1.165) is 0 Å². The molecule has 1 saturated carbocycles. The van der Waals surface area contributed by atoms with E-state index < -0.39 is 35.7 Å². The second kappa shape index (κ2) is 7.74. The third-order valence-corrected chi connectivity index (χ3v) is 5.54. The summed E-state index contributed by atoms with van der Waals surface area (Å²) in [5.41, 5.74) is -0.810. The molecule has 5 atom stereocenters. The number of carbonyl (C=O) groups excluding carboxylic acids is 3. The van der Waals surface area contributed by atoms with Crippen molar-refractivity contribution in [2.45, 2.75) is 71.2 Å². The molecular weight excluding hydrogens is 336 g/mol. The monoisotopic (exact) mass is 364 g/mol. The number of allylic oxidation sites excluding steroid dienone is 1. The molecule has 144 valence electrons. The Morgan fingerprint density at radius 3 is 2.69 bits per heavy atom. The smallest absolute Gasteiger partial charge is 0.334 e. The van der Waals surface area contributed by atoms with Crippen molar-refractivity contribution >= 4 is 17.7 Å². The Morgan fingerprint density at radius 1 is 1.42 bits per heavy atom. The highest BCUT2D eigenvalue weighted by Gasteiger charge is 2.52. The molecular formula is C20H28O6. The lowest BCUT2D eigenvalue weighted by molar-refractivity contribution is -0.185. The number of hydrogen-bond donors (Lipinski definition) is 1. The van der Waals surface area contributed by atoms with Gasteiger partial charge in [-0.05, 0) is 40.0 Å². The number of hydrogen-bond acceptors (Lipinski definition) is 6. The molecule has 26 heavy (non-hydrogen) atoms. The van der Waals surface area contributed by atoms with Crippen molar-refractivity contribution in [3.8, 4) is 0 Å². The van der Waals surface area contributed by atoms with Gasteiger partial charge in [0.05, 0.1) is 0 Å². The van der Waals surface area contributed by atoms with Crippen LogP contribution in [0, 0.1) is 11.8 Å². The number of rotatable bonds is 2. The molecule has 2 fully saturated rings. The number of fused-ring (bicyclic) bond motifs is 1. The van der Waals surface area contributed by atoms with Crippen molar-refractivity contribution in [2.24, 2.45) is 11.8 Å². The summed E-state index contributed by atoms with van der Waals surface area (Å²) in [4.78, 5) is 36.9. The van der Waals surface area contributed by atoms with Gasteiger partial charge < -0.3 is 14.6 Å². The molecule has 6 nitrogen and oxygen atoms in total. The first-order chi connectivity index (χ1) is 12.1. The summed E-state index contributed by atoms with van der Waals surface area (Å²) in [7, 11) is 0. The minimum Gasteiger partial charge on any atom is -0.454 e. The van der Waals surface area contributed by atoms with E-state index in [0.29, 0.717) is 24.8 Å². The Hall–Kier alpha value is -1.95. The molecule has 1 saturated heterocycles. The molecule has 1 aliphatic carbocycles. The van der Waals surface area contributed by atoms with Crippen LogP contribution in [0.4, 0.5) is 0 Å². The molecule has 0 unspecified atom stereocenters. The molecule has 2 aliphatic rings. The fraction of sp³-hybridized carbons (Fsp3) is 0.650. The summed E-state index contributed by atoms with van der Waals surface area (Å²) in [6.45, 7) is 10.5.